The van der Waals surface area contributed by atoms with Gasteiger partial charge in [-0.2, -0.15) is 0 Å². The van der Waals surface area contributed by atoms with Gasteiger partial charge in [0.25, 0.3) is 0 Å². The predicted molar refractivity (Wildman–Crippen MR) is 201 cm³/mol. The van der Waals surface area contributed by atoms with Gasteiger partial charge in [-0.05, 0) is 57.4 Å². The molecule has 0 aliphatic rings. The Bertz CT molecular complexity index is 2470. The second-order valence-corrected chi connectivity index (χ2v) is 11.6. The topological polar surface area (TPSA) is 50.2 Å². The van der Waals surface area contributed by atoms with Crippen LogP contribution in [0.25, 0.3) is 55.0 Å². The first-order valence-electron chi connectivity index (χ1n) is 16.0. The van der Waals surface area contributed by atoms with E-state index in [-0.39, 0.29) is 0 Å². The van der Waals surface area contributed by atoms with E-state index in [1.54, 1.807) is 0 Å². The van der Waals surface area contributed by atoms with E-state index in [0.29, 0.717) is 18.2 Å². The number of hydrogen-bond acceptors (Lipinski definition) is 2. The van der Waals surface area contributed by atoms with Gasteiger partial charge in [0.15, 0.2) is 11.7 Å². The highest BCUT2D eigenvalue weighted by molar-refractivity contribution is 6.24. The maximum absolute atomic E-state index is 6.51. The summed E-state index contributed by atoms with van der Waals surface area (Å²) in [7, 11) is 0. The zero-order valence-corrected chi connectivity index (χ0v) is 26.3. The molecule has 0 amide bonds. The number of fused-ring (bicyclic) bond motifs is 4. The van der Waals surface area contributed by atoms with Crippen molar-refractivity contribution in [1.29, 1.82) is 0 Å². The Morgan fingerprint density at radius 3 is 1.94 bits per heavy atom. The fraction of sp³-hybridized carbons (Fsp3) is 0.0227. The van der Waals surface area contributed by atoms with Crippen molar-refractivity contribution in [1.82, 2.24) is 0 Å². The van der Waals surface area contributed by atoms with Crippen molar-refractivity contribution >= 4 is 51.1 Å². The summed E-state index contributed by atoms with van der Waals surface area (Å²) in [6, 6.07) is 56.1. The molecule has 0 saturated carbocycles. The summed E-state index contributed by atoms with van der Waals surface area (Å²) in [6.45, 7) is 4.37. The summed E-state index contributed by atoms with van der Waals surface area (Å²) in [5.41, 5.74) is 8.93. The molecular formula is C44H31N3O. The van der Waals surface area contributed by atoms with Gasteiger partial charge in [-0.25, -0.2) is 9.98 Å². The van der Waals surface area contributed by atoms with E-state index in [4.69, 9.17) is 14.4 Å². The molecule has 8 aromatic rings. The molecule has 228 valence electrons. The van der Waals surface area contributed by atoms with Crippen molar-refractivity contribution in [3.8, 4) is 22.3 Å². The fourth-order valence-corrected chi connectivity index (χ4v) is 6.40. The number of rotatable bonds is 6. The minimum atomic E-state index is 0.458. The molecule has 4 nitrogen and oxygen atoms in total. The second-order valence-electron chi connectivity index (χ2n) is 11.6. The Morgan fingerprint density at radius 1 is 0.521 bits per heavy atom. The minimum Gasteiger partial charge on any atom is -0.456 e. The van der Waals surface area contributed by atoms with Crippen LogP contribution in [0.4, 0.5) is 0 Å². The number of benzene rings is 7. The first-order valence-corrected chi connectivity index (χ1v) is 16.0. The molecule has 0 unspecified atom stereocenters. The first-order chi connectivity index (χ1) is 23.8. The lowest BCUT2D eigenvalue weighted by Gasteiger charge is -2.11. The molecule has 8 rings (SSSR count). The zero-order valence-electron chi connectivity index (χ0n) is 26.3. The van der Waals surface area contributed by atoms with Crippen LogP contribution < -0.4 is 0 Å². The number of amidine groups is 2. The van der Waals surface area contributed by atoms with Crippen molar-refractivity contribution in [2.75, 3.05) is 0 Å². The molecule has 4 heteroatoms. The second kappa shape index (κ2) is 12.8. The van der Waals surface area contributed by atoms with Gasteiger partial charge < -0.3 is 4.42 Å². The number of nitrogens with zero attached hydrogens (tertiary/aromatic N) is 3. The molecule has 0 spiro atoms. The summed E-state index contributed by atoms with van der Waals surface area (Å²) >= 11 is 0. The van der Waals surface area contributed by atoms with Crippen molar-refractivity contribution < 1.29 is 4.42 Å². The van der Waals surface area contributed by atoms with Crippen LogP contribution in [0, 0.1) is 0 Å². The highest BCUT2D eigenvalue weighted by Gasteiger charge is 2.20. The Morgan fingerprint density at radius 2 is 1.15 bits per heavy atom. The van der Waals surface area contributed by atoms with Crippen LogP contribution in [0.5, 0.6) is 0 Å². The van der Waals surface area contributed by atoms with Crippen molar-refractivity contribution in [3.63, 3.8) is 0 Å². The van der Waals surface area contributed by atoms with Crippen LogP contribution in [0.15, 0.2) is 183 Å². The van der Waals surface area contributed by atoms with Crippen LogP contribution in [0.2, 0.25) is 0 Å². The number of furan rings is 1. The summed E-state index contributed by atoms with van der Waals surface area (Å²) < 4.78 is 6.51. The SMILES string of the molecule is C=NC(=NC(=NCc1ccccc1)c1cccc2oc3cccc(-c4cccc5ccccc45)c3c12)c1ccc(-c2ccccc2)cc1. The average Bonchev–Trinajstić information content (AvgIpc) is 3.55. The fourth-order valence-electron chi connectivity index (χ4n) is 6.40. The monoisotopic (exact) mass is 617 g/mol. The molecule has 7 aromatic carbocycles. The van der Waals surface area contributed by atoms with Gasteiger partial charge >= 0.3 is 0 Å². The van der Waals surface area contributed by atoms with Gasteiger partial charge in [-0.1, -0.05) is 152 Å². The molecule has 0 N–H and O–H groups in total. The average molecular weight is 618 g/mol. The summed E-state index contributed by atoms with van der Waals surface area (Å²) in [4.78, 5) is 14.7. The molecule has 1 aromatic heterocycles. The lowest BCUT2D eigenvalue weighted by molar-refractivity contribution is 0.669. The standard InChI is InChI=1S/C44H31N3O/c1-45-43(34-27-25-32(26-28-34)31-15-6-3-7-16-31)47-44(46-29-30-13-4-2-5-14-30)38-22-12-24-40-42(38)41-37(21-11-23-39(41)48-40)36-20-10-18-33-17-8-9-19-35(33)36/h2-28H,1,29H2. The van der Waals surface area contributed by atoms with Gasteiger partial charge in [0.1, 0.15) is 11.2 Å². The van der Waals surface area contributed by atoms with Gasteiger partial charge in [-0.15, -0.1) is 0 Å². The van der Waals surface area contributed by atoms with Crippen LogP contribution in [0.3, 0.4) is 0 Å². The van der Waals surface area contributed by atoms with Crippen molar-refractivity contribution in [2.24, 2.45) is 15.0 Å². The molecule has 0 saturated heterocycles. The van der Waals surface area contributed by atoms with Gasteiger partial charge in [0, 0.05) is 21.9 Å². The van der Waals surface area contributed by atoms with Gasteiger partial charge in [0.05, 0.1) is 6.54 Å². The molecule has 0 aliphatic carbocycles. The molecular weight excluding hydrogens is 587 g/mol. The quantitative estimate of drug-likeness (QED) is 0.135. The predicted octanol–water partition coefficient (Wildman–Crippen LogP) is 11.2. The lowest BCUT2D eigenvalue weighted by atomic mass is 9.93. The Hall–Kier alpha value is -6.39. The Labute approximate surface area is 279 Å². The summed E-state index contributed by atoms with van der Waals surface area (Å²) in [5.74, 6) is 1.06. The normalized spacial score (nSPS) is 12.2. The molecule has 0 radical (unpaired) electrons. The molecule has 1 heterocycles. The van der Waals surface area contributed by atoms with Crippen LogP contribution in [-0.2, 0) is 6.54 Å². The maximum Gasteiger partial charge on any atom is 0.161 e. The third kappa shape index (κ3) is 5.50. The van der Waals surface area contributed by atoms with E-state index in [2.05, 4.69) is 109 Å². The minimum absolute atomic E-state index is 0.458. The molecule has 0 atom stereocenters. The van der Waals surface area contributed by atoms with E-state index < -0.39 is 0 Å². The Kier molecular flexibility index (Phi) is 7.73. The van der Waals surface area contributed by atoms with E-state index in [1.165, 1.54) is 10.8 Å². The Balaban J connectivity index is 1.33. The van der Waals surface area contributed by atoms with E-state index in [0.717, 1.165) is 60.9 Å². The van der Waals surface area contributed by atoms with Crippen LogP contribution >= 0.6 is 0 Å². The van der Waals surface area contributed by atoms with E-state index in [9.17, 15) is 0 Å². The molecule has 0 fully saturated rings. The van der Waals surface area contributed by atoms with E-state index in [1.807, 2.05) is 66.7 Å². The van der Waals surface area contributed by atoms with Gasteiger partial charge in [-0.3, -0.25) is 4.99 Å². The molecule has 0 bridgehead atoms. The number of aliphatic imine (C=N–C) groups is 3. The highest BCUT2D eigenvalue weighted by Crippen LogP contribution is 2.40. The van der Waals surface area contributed by atoms with Gasteiger partial charge in [0.2, 0.25) is 0 Å². The smallest absolute Gasteiger partial charge is 0.161 e. The van der Waals surface area contributed by atoms with Crippen LogP contribution in [-0.4, -0.2) is 18.4 Å². The lowest BCUT2D eigenvalue weighted by Crippen LogP contribution is -2.06. The summed E-state index contributed by atoms with van der Waals surface area (Å²) in [6.07, 6.45) is 0. The summed E-state index contributed by atoms with van der Waals surface area (Å²) in [5, 5.41) is 4.37. The third-order valence-electron chi connectivity index (χ3n) is 8.71. The largest absolute Gasteiger partial charge is 0.456 e. The van der Waals surface area contributed by atoms with E-state index >= 15 is 0 Å². The highest BCUT2D eigenvalue weighted by atomic mass is 16.3. The van der Waals surface area contributed by atoms with Crippen LogP contribution in [0.1, 0.15) is 16.7 Å². The first kappa shape index (κ1) is 29.0. The zero-order chi connectivity index (χ0) is 32.3. The third-order valence-corrected chi connectivity index (χ3v) is 8.71. The van der Waals surface area contributed by atoms with Crippen molar-refractivity contribution in [2.45, 2.75) is 6.54 Å². The molecule has 0 aliphatic heterocycles. The molecule has 48 heavy (non-hydrogen) atoms. The van der Waals surface area contributed by atoms with Crippen molar-refractivity contribution in [3.05, 3.63) is 180 Å². The number of hydrogen-bond donors (Lipinski definition) is 0. The maximum atomic E-state index is 6.51.